The fraction of sp³-hybridized carbons (Fsp3) is 0.529. The van der Waals surface area contributed by atoms with Crippen LogP contribution in [0.4, 0.5) is 5.69 Å². The van der Waals surface area contributed by atoms with E-state index >= 15 is 0 Å². The number of nitro benzene ring substituents is 1. The van der Waals surface area contributed by atoms with Gasteiger partial charge in [0.2, 0.25) is 0 Å². The number of carbonyl (C=O) groups excluding carboxylic acids is 1. The van der Waals surface area contributed by atoms with E-state index in [0.717, 1.165) is 6.07 Å². The molecule has 1 aliphatic rings. The van der Waals surface area contributed by atoms with Crippen molar-refractivity contribution in [3.8, 4) is 11.5 Å². The second-order valence-electron chi connectivity index (χ2n) is 6.01. The predicted octanol–water partition coefficient (Wildman–Crippen LogP) is 1.71. The second-order valence-corrected chi connectivity index (χ2v) is 6.01. The van der Waals surface area contributed by atoms with Crippen molar-refractivity contribution in [3.05, 3.63) is 27.8 Å². The van der Waals surface area contributed by atoms with Gasteiger partial charge in [0.1, 0.15) is 5.56 Å². The van der Waals surface area contributed by atoms with E-state index in [4.69, 9.17) is 19.3 Å². The Hall–Kier alpha value is -2.88. The summed E-state index contributed by atoms with van der Waals surface area (Å²) in [5, 5.41) is 20.6. The van der Waals surface area contributed by atoms with Crippen LogP contribution in [0.25, 0.3) is 0 Å². The first kappa shape index (κ1) is 20.4. The van der Waals surface area contributed by atoms with Crippen molar-refractivity contribution < 1.29 is 33.8 Å². The van der Waals surface area contributed by atoms with Crippen molar-refractivity contribution in [2.75, 3.05) is 27.4 Å². The minimum atomic E-state index is -1.06. The Morgan fingerprint density at radius 2 is 2.04 bits per heavy atom. The molecular weight excluding hydrogens is 360 g/mol. The zero-order chi connectivity index (χ0) is 20.1. The monoisotopic (exact) mass is 382 g/mol. The third-order valence-electron chi connectivity index (χ3n) is 4.39. The van der Waals surface area contributed by atoms with E-state index in [1.54, 1.807) is 6.92 Å². The molecule has 0 aromatic heterocycles. The maximum atomic E-state index is 13.1. The van der Waals surface area contributed by atoms with Gasteiger partial charge in [0.25, 0.3) is 11.6 Å². The lowest BCUT2D eigenvalue weighted by Gasteiger charge is -2.23. The summed E-state index contributed by atoms with van der Waals surface area (Å²) in [6.07, 6.45) is -0.257. The molecule has 1 fully saturated rings. The molecule has 0 bridgehead atoms. The van der Waals surface area contributed by atoms with E-state index in [2.05, 4.69) is 0 Å². The quantitative estimate of drug-likeness (QED) is 0.531. The number of carboxylic acid groups (broad SMARTS) is 1. The topological polar surface area (TPSA) is 128 Å². The van der Waals surface area contributed by atoms with Crippen molar-refractivity contribution in [3.63, 3.8) is 0 Å². The molecule has 0 saturated carbocycles. The highest BCUT2D eigenvalue weighted by molar-refractivity contribution is 5.99. The SMILES string of the molecule is CCOc1cc(C(=O)N2CC(OC)CC2CC(=O)O)c([N+](=O)[O-])cc1OC. The number of methoxy groups -OCH3 is 2. The number of benzene rings is 1. The molecule has 0 radical (unpaired) electrons. The van der Waals surface area contributed by atoms with E-state index in [-0.39, 0.29) is 42.7 Å². The molecule has 1 heterocycles. The fourth-order valence-electron chi connectivity index (χ4n) is 3.14. The Labute approximate surface area is 155 Å². The van der Waals surface area contributed by atoms with Crippen LogP contribution in [0, 0.1) is 10.1 Å². The number of carboxylic acids is 1. The first-order valence-corrected chi connectivity index (χ1v) is 8.37. The Kier molecular flexibility index (Phi) is 6.56. The number of amides is 1. The van der Waals surface area contributed by atoms with Gasteiger partial charge in [-0.25, -0.2) is 0 Å². The Bertz CT molecular complexity index is 736. The van der Waals surface area contributed by atoms with Crippen molar-refractivity contribution in [2.24, 2.45) is 0 Å². The molecule has 2 rings (SSSR count). The largest absolute Gasteiger partial charge is 0.493 e. The summed E-state index contributed by atoms with van der Waals surface area (Å²) in [5.41, 5.74) is -0.619. The number of rotatable bonds is 8. The van der Waals surface area contributed by atoms with Gasteiger partial charge in [-0.3, -0.25) is 19.7 Å². The number of hydrogen-bond acceptors (Lipinski definition) is 7. The molecule has 1 aliphatic heterocycles. The van der Waals surface area contributed by atoms with Crippen molar-refractivity contribution in [1.82, 2.24) is 4.90 Å². The van der Waals surface area contributed by atoms with Gasteiger partial charge in [0.15, 0.2) is 11.5 Å². The molecule has 1 saturated heterocycles. The average Bonchev–Trinajstić information content (AvgIpc) is 3.03. The van der Waals surface area contributed by atoms with Gasteiger partial charge in [-0.2, -0.15) is 0 Å². The highest BCUT2D eigenvalue weighted by Crippen LogP contribution is 2.36. The lowest BCUT2D eigenvalue weighted by molar-refractivity contribution is -0.385. The first-order valence-electron chi connectivity index (χ1n) is 8.37. The molecular formula is C17H22N2O8. The third-order valence-corrected chi connectivity index (χ3v) is 4.39. The molecule has 2 atom stereocenters. The summed E-state index contributed by atoms with van der Waals surface area (Å²) in [7, 11) is 2.81. The van der Waals surface area contributed by atoms with Crippen LogP contribution in [0.1, 0.15) is 30.1 Å². The summed E-state index contributed by atoms with van der Waals surface area (Å²) in [4.78, 5) is 36.3. The summed E-state index contributed by atoms with van der Waals surface area (Å²) in [6, 6.07) is 1.78. The molecule has 0 aliphatic carbocycles. The van der Waals surface area contributed by atoms with Gasteiger partial charge in [0, 0.05) is 25.8 Å². The maximum absolute atomic E-state index is 13.1. The zero-order valence-electron chi connectivity index (χ0n) is 15.3. The van der Waals surface area contributed by atoms with E-state index in [1.165, 1.54) is 25.2 Å². The van der Waals surface area contributed by atoms with Crippen LogP contribution in [-0.2, 0) is 9.53 Å². The molecule has 148 valence electrons. The number of nitro groups is 1. The molecule has 10 nitrogen and oxygen atoms in total. The molecule has 1 N–H and O–H groups in total. The van der Waals surface area contributed by atoms with Crippen molar-refractivity contribution in [2.45, 2.75) is 31.9 Å². The second kappa shape index (κ2) is 8.67. The van der Waals surface area contributed by atoms with E-state index in [1.807, 2.05) is 0 Å². The molecule has 10 heteroatoms. The lowest BCUT2D eigenvalue weighted by atomic mass is 10.1. The van der Waals surface area contributed by atoms with E-state index in [9.17, 15) is 19.7 Å². The lowest BCUT2D eigenvalue weighted by Crippen LogP contribution is -2.37. The van der Waals surface area contributed by atoms with E-state index in [0.29, 0.717) is 6.42 Å². The average molecular weight is 382 g/mol. The minimum absolute atomic E-state index is 0.137. The number of ether oxygens (including phenoxy) is 3. The van der Waals surface area contributed by atoms with Crippen LogP contribution < -0.4 is 9.47 Å². The number of nitrogens with zero attached hydrogens (tertiary/aromatic N) is 2. The Morgan fingerprint density at radius 3 is 2.56 bits per heavy atom. The van der Waals surface area contributed by atoms with Gasteiger partial charge in [-0.15, -0.1) is 0 Å². The standard InChI is InChI=1S/C17H22N2O8/c1-4-27-15-7-12(13(19(23)24)8-14(15)26-3)17(22)18-9-11(25-2)5-10(18)6-16(20)21/h7-8,10-11H,4-6,9H2,1-3H3,(H,20,21). The number of aliphatic carboxylic acids is 1. The summed E-state index contributed by atoms with van der Waals surface area (Å²) in [6.45, 7) is 2.16. The normalized spacial score (nSPS) is 19.0. The zero-order valence-corrected chi connectivity index (χ0v) is 15.3. The molecule has 2 unspecified atom stereocenters. The highest BCUT2D eigenvalue weighted by Gasteiger charge is 2.39. The Balaban J connectivity index is 2.47. The van der Waals surface area contributed by atoms with Crippen LogP contribution in [-0.4, -0.2) is 66.3 Å². The summed E-state index contributed by atoms with van der Waals surface area (Å²) >= 11 is 0. The van der Waals surface area contributed by atoms with Gasteiger partial charge in [0.05, 0.1) is 37.2 Å². The van der Waals surface area contributed by atoms with Crippen LogP contribution in [0.5, 0.6) is 11.5 Å². The van der Waals surface area contributed by atoms with Crippen LogP contribution in [0.2, 0.25) is 0 Å². The van der Waals surface area contributed by atoms with Crippen LogP contribution in [0.15, 0.2) is 12.1 Å². The number of likely N-dealkylation sites (tertiary alicyclic amines) is 1. The summed E-state index contributed by atoms with van der Waals surface area (Å²) in [5.74, 6) is -1.37. The molecule has 27 heavy (non-hydrogen) atoms. The van der Waals surface area contributed by atoms with Crippen LogP contribution in [0.3, 0.4) is 0 Å². The first-order chi connectivity index (χ1) is 12.8. The molecule has 0 spiro atoms. The minimum Gasteiger partial charge on any atom is -0.493 e. The van der Waals surface area contributed by atoms with Crippen LogP contribution >= 0.6 is 0 Å². The third kappa shape index (κ3) is 4.45. The van der Waals surface area contributed by atoms with Crippen molar-refractivity contribution >= 4 is 17.6 Å². The van der Waals surface area contributed by atoms with Gasteiger partial charge in [-0.1, -0.05) is 0 Å². The summed E-state index contributed by atoms with van der Waals surface area (Å²) < 4.78 is 15.8. The molecule has 1 aromatic carbocycles. The molecule has 1 amide bonds. The maximum Gasteiger partial charge on any atom is 0.305 e. The van der Waals surface area contributed by atoms with Gasteiger partial charge < -0.3 is 24.2 Å². The van der Waals surface area contributed by atoms with Gasteiger partial charge >= 0.3 is 5.97 Å². The van der Waals surface area contributed by atoms with E-state index < -0.39 is 28.5 Å². The fourth-order valence-corrected chi connectivity index (χ4v) is 3.14. The highest BCUT2D eigenvalue weighted by atomic mass is 16.6. The number of hydrogen-bond donors (Lipinski definition) is 1. The smallest absolute Gasteiger partial charge is 0.305 e. The Morgan fingerprint density at radius 1 is 1.33 bits per heavy atom. The predicted molar refractivity (Wildman–Crippen MR) is 93.3 cm³/mol. The number of carbonyl (C=O) groups is 2. The van der Waals surface area contributed by atoms with Crippen molar-refractivity contribution in [1.29, 1.82) is 0 Å². The van der Waals surface area contributed by atoms with Gasteiger partial charge in [-0.05, 0) is 13.3 Å². The molecule has 1 aromatic rings.